The first kappa shape index (κ1) is 15.7. The quantitative estimate of drug-likeness (QED) is 0.936. The minimum absolute atomic E-state index is 0.0953. The second kappa shape index (κ2) is 6.50. The minimum Gasteiger partial charge on any atom is -0.354 e. The third kappa shape index (κ3) is 3.12. The summed E-state index contributed by atoms with van der Waals surface area (Å²) in [5.74, 6) is -0.550. The van der Waals surface area contributed by atoms with Crippen molar-refractivity contribution in [2.45, 2.75) is 19.4 Å². The fraction of sp³-hybridized carbons (Fsp3) is 0.294. The standard InChI is InChI=1S/C17H17FN2O2S/c1-2-20(13-8-9-19-16(13)21)17(22)15-7-6-14(23-15)11-4-3-5-12(18)10-11/h3-7,10,13H,2,8-9H2,1H3,(H,19,21). The summed E-state index contributed by atoms with van der Waals surface area (Å²) in [5.41, 5.74) is 0.746. The smallest absolute Gasteiger partial charge is 0.264 e. The number of nitrogens with zero attached hydrogens (tertiary/aromatic N) is 1. The predicted octanol–water partition coefficient (Wildman–Crippen LogP) is 2.90. The van der Waals surface area contributed by atoms with Gasteiger partial charge in [-0.15, -0.1) is 11.3 Å². The van der Waals surface area contributed by atoms with E-state index in [1.807, 2.05) is 19.1 Å². The second-order valence-corrected chi connectivity index (χ2v) is 6.44. The maximum absolute atomic E-state index is 13.3. The Kier molecular flexibility index (Phi) is 4.43. The van der Waals surface area contributed by atoms with Gasteiger partial charge in [-0.1, -0.05) is 12.1 Å². The van der Waals surface area contributed by atoms with E-state index in [0.717, 1.165) is 10.4 Å². The highest BCUT2D eigenvalue weighted by Crippen LogP contribution is 2.30. The molecule has 2 heterocycles. The largest absolute Gasteiger partial charge is 0.354 e. The van der Waals surface area contributed by atoms with Gasteiger partial charge in [0.2, 0.25) is 5.91 Å². The number of benzene rings is 1. The highest BCUT2D eigenvalue weighted by molar-refractivity contribution is 7.17. The molecule has 1 aliphatic rings. The number of carbonyl (C=O) groups is 2. The van der Waals surface area contributed by atoms with Crippen LogP contribution in [-0.4, -0.2) is 35.8 Å². The summed E-state index contributed by atoms with van der Waals surface area (Å²) in [6.07, 6.45) is 0.639. The molecule has 0 spiro atoms. The Balaban J connectivity index is 1.84. The topological polar surface area (TPSA) is 49.4 Å². The first-order valence-electron chi connectivity index (χ1n) is 7.54. The van der Waals surface area contributed by atoms with E-state index in [2.05, 4.69) is 5.32 Å². The highest BCUT2D eigenvalue weighted by atomic mass is 32.1. The van der Waals surface area contributed by atoms with Gasteiger partial charge in [-0.2, -0.15) is 0 Å². The Morgan fingerprint density at radius 1 is 1.39 bits per heavy atom. The number of likely N-dealkylation sites (N-methyl/N-ethyl adjacent to an activating group) is 1. The Morgan fingerprint density at radius 3 is 2.87 bits per heavy atom. The number of thiophene rings is 1. The molecule has 1 atom stereocenters. The average molecular weight is 332 g/mol. The Bertz CT molecular complexity index is 744. The Labute approximate surface area is 137 Å². The van der Waals surface area contributed by atoms with Crippen molar-refractivity contribution in [1.82, 2.24) is 10.2 Å². The fourth-order valence-electron chi connectivity index (χ4n) is 2.78. The van der Waals surface area contributed by atoms with Crippen molar-refractivity contribution >= 4 is 23.2 Å². The predicted molar refractivity (Wildman–Crippen MR) is 87.8 cm³/mol. The molecule has 120 valence electrons. The zero-order valence-corrected chi connectivity index (χ0v) is 13.5. The molecule has 4 nitrogen and oxygen atoms in total. The van der Waals surface area contributed by atoms with Gasteiger partial charge < -0.3 is 10.2 Å². The van der Waals surface area contributed by atoms with Crippen LogP contribution >= 0.6 is 11.3 Å². The van der Waals surface area contributed by atoms with Crippen molar-refractivity contribution < 1.29 is 14.0 Å². The number of nitrogens with one attached hydrogen (secondary N) is 1. The first-order valence-corrected chi connectivity index (χ1v) is 8.36. The van der Waals surface area contributed by atoms with E-state index in [-0.39, 0.29) is 17.6 Å². The van der Waals surface area contributed by atoms with E-state index in [0.29, 0.717) is 24.4 Å². The lowest BCUT2D eigenvalue weighted by atomic mass is 10.2. The maximum atomic E-state index is 13.3. The fourth-order valence-corrected chi connectivity index (χ4v) is 3.73. The van der Waals surface area contributed by atoms with Crippen LogP contribution in [0.1, 0.15) is 23.0 Å². The van der Waals surface area contributed by atoms with Gasteiger partial charge >= 0.3 is 0 Å². The monoisotopic (exact) mass is 332 g/mol. The van der Waals surface area contributed by atoms with Gasteiger partial charge in [-0.25, -0.2) is 4.39 Å². The van der Waals surface area contributed by atoms with Crippen molar-refractivity contribution in [2.75, 3.05) is 13.1 Å². The van der Waals surface area contributed by atoms with Crippen molar-refractivity contribution in [3.8, 4) is 10.4 Å². The Morgan fingerprint density at radius 2 is 2.22 bits per heavy atom. The summed E-state index contributed by atoms with van der Waals surface area (Å²) >= 11 is 1.32. The van der Waals surface area contributed by atoms with Gasteiger partial charge in [0.05, 0.1) is 4.88 Å². The van der Waals surface area contributed by atoms with Crippen molar-refractivity contribution in [2.24, 2.45) is 0 Å². The zero-order valence-electron chi connectivity index (χ0n) is 12.7. The highest BCUT2D eigenvalue weighted by Gasteiger charge is 2.33. The van der Waals surface area contributed by atoms with Crippen LogP contribution in [0.5, 0.6) is 0 Å². The molecule has 1 saturated heterocycles. The van der Waals surface area contributed by atoms with Crippen molar-refractivity contribution in [3.63, 3.8) is 0 Å². The van der Waals surface area contributed by atoms with E-state index in [4.69, 9.17) is 0 Å². The Hall–Kier alpha value is -2.21. The molecule has 2 amide bonds. The van der Waals surface area contributed by atoms with Gasteiger partial charge in [0.1, 0.15) is 11.9 Å². The molecule has 3 rings (SSSR count). The molecule has 1 N–H and O–H groups in total. The van der Waals surface area contributed by atoms with Crippen LogP contribution in [0.4, 0.5) is 4.39 Å². The van der Waals surface area contributed by atoms with Crippen LogP contribution in [0, 0.1) is 5.82 Å². The van der Waals surface area contributed by atoms with Crippen molar-refractivity contribution in [3.05, 3.63) is 47.1 Å². The molecule has 1 unspecified atom stereocenters. The van der Waals surface area contributed by atoms with Crippen molar-refractivity contribution in [1.29, 1.82) is 0 Å². The van der Waals surface area contributed by atoms with Crippen LogP contribution in [0.3, 0.4) is 0 Å². The third-order valence-corrected chi connectivity index (χ3v) is 5.05. The van der Waals surface area contributed by atoms with Crippen LogP contribution in [-0.2, 0) is 4.79 Å². The van der Waals surface area contributed by atoms with Gasteiger partial charge in [0.25, 0.3) is 5.91 Å². The summed E-state index contributed by atoms with van der Waals surface area (Å²) in [6.45, 7) is 2.95. The molecule has 0 aliphatic carbocycles. The van der Waals surface area contributed by atoms with Crippen LogP contribution in [0.15, 0.2) is 36.4 Å². The van der Waals surface area contributed by atoms with E-state index >= 15 is 0 Å². The van der Waals surface area contributed by atoms with E-state index in [1.54, 1.807) is 17.0 Å². The van der Waals surface area contributed by atoms with Crippen LogP contribution < -0.4 is 5.32 Å². The number of halogens is 1. The molecule has 1 aromatic carbocycles. The zero-order chi connectivity index (χ0) is 16.4. The second-order valence-electron chi connectivity index (χ2n) is 5.36. The molecule has 0 radical (unpaired) electrons. The molecule has 6 heteroatoms. The van der Waals surface area contributed by atoms with Gasteiger partial charge in [-0.05, 0) is 43.2 Å². The third-order valence-electron chi connectivity index (χ3n) is 3.92. The summed E-state index contributed by atoms with van der Waals surface area (Å²) in [4.78, 5) is 27.5. The van der Waals surface area contributed by atoms with Crippen LogP contribution in [0.2, 0.25) is 0 Å². The summed E-state index contributed by atoms with van der Waals surface area (Å²) in [5, 5.41) is 2.76. The molecule has 0 saturated carbocycles. The number of amides is 2. The number of hydrogen-bond donors (Lipinski definition) is 1. The lowest BCUT2D eigenvalue weighted by Crippen LogP contribution is -2.44. The lowest BCUT2D eigenvalue weighted by Gasteiger charge is -2.25. The molecule has 1 aromatic heterocycles. The van der Waals surface area contributed by atoms with Gasteiger partial charge in [0.15, 0.2) is 0 Å². The lowest BCUT2D eigenvalue weighted by molar-refractivity contribution is -0.122. The molecule has 2 aromatic rings. The van der Waals surface area contributed by atoms with Gasteiger partial charge in [0, 0.05) is 18.0 Å². The average Bonchev–Trinajstić information content (AvgIpc) is 3.18. The number of carbonyl (C=O) groups excluding carboxylic acids is 2. The SMILES string of the molecule is CCN(C(=O)c1ccc(-c2cccc(F)c2)s1)C1CCNC1=O. The normalized spacial score (nSPS) is 17.1. The molecule has 1 fully saturated rings. The molecular formula is C17H17FN2O2S. The molecule has 1 aliphatic heterocycles. The minimum atomic E-state index is -0.396. The molecule has 0 bridgehead atoms. The number of hydrogen-bond acceptors (Lipinski definition) is 3. The van der Waals surface area contributed by atoms with E-state index in [1.165, 1.54) is 23.5 Å². The van der Waals surface area contributed by atoms with E-state index in [9.17, 15) is 14.0 Å². The van der Waals surface area contributed by atoms with E-state index < -0.39 is 6.04 Å². The summed E-state index contributed by atoms with van der Waals surface area (Å²) in [7, 11) is 0. The summed E-state index contributed by atoms with van der Waals surface area (Å²) in [6, 6.07) is 9.45. The maximum Gasteiger partial charge on any atom is 0.264 e. The molecule has 23 heavy (non-hydrogen) atoms. The summed E-state index contributed by atoms with van der Waals surface area (Å²) < 4.78 is 13.3. The number of rotatable bonds is 4. The van der Waals surface area contributed by atoms with Gasteiger partial charge in [-0.3, -0.25) is 9.59 Å². The first-order chi connectivity index (χ1) is 11.1. The van der Waals surface area contributed by atoms with Crippen LogP contribution in [0.25, 0.3) is 10.4 Å². The molecular weight excluding hydrogens is 315 g/mol.